The number of carbonyl (C=O) groups excluding carboxylic acids is 4. The van der Waals surface area contributed by atoms with Crippen molar-refractivity contribution in [3.05, 3.63) is 110 Å². The lowest BCUT2D eigenvalue weighted by Gasteiger charge is -2.18. The van der Waals surface area contributed by atoms with Crippen molar-refractivity contribution in [2.45, 2.75) is 6.42 Å². The zero-order valence-electron chi connectivity index (χ0n) is 18.0. The van der Waals surface area contributed by atoms with Gasteiger partial charge in [0.1, 0.15) is 16.9 Å². The highest BCUT2D eigenvalue weighted by atomic mass is 16.6. The number of nitro groups is 1. The molecular weight excluding hydrogens is 454 g/mol. The number of cyclic esters (lactones) is 1. The highest BCUT2D eigenvalue weighted by Crippen LogP contribution is 2.36. The van der Waals surface area contributed by atoms with E-state index in [-0.39, 0.29) is 29.0 Å². The van der Waals surface area contributed by atoms with Gasteiger partial charge in [-0.05, 0) is 24.3 Å². The minimum Gasteiger partial charge on any atom is -0.462 e. The number of ether oxygens (including phenoxy) is 2. The predicted molar refractivity (Wildman–Crippen MR) is 121 cm³/mol. The molecule has 1 aliphatic carbocycles. The van der Waals surface area contributed by atoms with E-state index in [9.17, 15) is 29.3 Å². The molecule has 2 aliphatic rings. The summed E-state index contributed by atoms with van der Waals surface area (Å²) in [6, 6.07) is 14.7. The van der Waals surface area contributed by atoms with Crippen molar-refractivity contribution < 1.29 is 33.6 Å². The number of rotatable bonds is 4. The Hall–Kier alpha value is -4.92. The average molecular weight is 469 g/mol. The molecular formula is C26H15NO8. The summed E-state index contributed by atoms with van der Waals surface area (Å²) in [5, 5.41) is 12.0. The lowest BCUT2D eigenvalue weighted by atomic mass is 9.82. The second-order valence-corrected chi connectivity index (χ2v) is 7.83. The van der Waals surface area contributed by atoms with Crippen LogP contribution in [0.4, 0.5) is 5.69 Å². The van der Waals surface area contributed by atoms with Crippen molar-refractivity contribution in [1.29, 1.82) is 0 Å². The van der Waals surface area contributed by atoms with Crippen molar-refractivity contribution in [3.8, 4) is 5.75 Å². The summed E-state index contributed by atoms with van der Waals surface area (Å²) < 4.78 is 10.4. The van der Waals surface area contributed by atoms with Crippen molar-refractivity contribution >= 4 is 35.3 Å². The first-order chi connectivity index (χ1) is 16.9. The highest BCUT2D eigenvalue weighted by Gasteiger charge is 2.39. The third-order valence-corrected chi connectivity index (χ3v) is 5.79. The zero-order valence-corrected chi connectivity index (χ0v) is 18.0. The van der Waals surface area contributed by atoms with Crippen LogP contribution in [0.3, 0.4) is 0 Å². The van der Waals surface area contributed by atoms with Crippen LogP contribution in [0, 0.1) is 10.1 Å². The first-order valence-electron chi connectivity index (χ1n) is 10.6. The molecule has 0 atom stereocenters. The molecule has 1 aliphatic heterocycles. The average Bonchev–Trinajstić information content (AvgIpc) is 3.26. The number of carbonyl (C=O) groups is 4. The molecule has 0 bridgehead atoms. The second kappa shape index (κ2) is 8.45. The molecule has 0 N–H and O–H groups in total. The molecule has 1 saturated heterocycles. The van der Waals surface area contributed by atoms with E-state index >= 15 is 0 Å². The van der Waals surface area contributed by atoms with Crippen LogP contribution >= 0.6 is 0 Å². The minimum atomic E-state index is -1.08. The normalized spacial score (nSPS) is 15.4. The Labute approximate surface area is 197 Å². The molecule has 0 saturated carbocycles. The van der Waals surface area contributed by atoms with Crippen molar-refractivity contribution in [2.75, 3.05) is 6.61 Å². The maximum Gasteiger partial charge on any atom is 0.350 e. The molecule has 1 fully saturated rings. The number of fused-ring (bicyclic) bond motifs is 2. The molecule has 3 aromatic carbocycles. The molecule has 0 spiro atoms. The molecule has 0 amide bonds. The lowest BCUT2D eigenvalue weighted by molar-refractivity contribution is -0.385. The van der Waals surface area contributed by atoms with Gasteiger partial charge in [0.2, 0.25) is 5.78 Å². The Morgan fingerprint density at radius 2 is 1.60 bits per heavy atom. The first kappa shape index (κ1) is 21.9. The molecule has 9 heteroatoms. The van der Waals surface area contributed by atoms with Crippen LogP contribution < -0.4 is 4.74 Å². The SMILES string of the molecule is O=C1OCC/C1=C\c1ccccc1OC(=O)c1ccc2c(c1[N+](=O)[O-])C(=O)c1ccccc1C2=O. The highest BCUT2D eigenvalue weighted by molar-refractivity contribution is 6.30. The fourth-order valence-corrected chi connectivity index (χ4v) is 4.14. The van der Waals surface area contributed by atoms with Gasteiger partial charge in [0, 0.05) is 34.2 Å². The van der Waals surface area contributed by atoms with E-state index in [1.807, 2.05) is 0 Å². The molecule has 5 rings (SSSR count). The third-order valence-electron chi connectivity index (χ3n) is 5.79. The van der Waals surface area contributed by atoms with Crippen LogP contribution in [0.5, 0.6) is 5.75 Å². The number of esters is 2. The van der Waals surface area contributed by atoms with Gasteiger partial charge in [0.25, 0.3) is 5.69 Å². The Bertz CT molecular complexity index is 1500. The first-order valence-corrected chi connectivity index (χ1v) is 10.6. The maximum absolute atomic E-state index is 13.1. The number of benzene rings is 3. The van der Waals surface area contributed by atoms with Gasteiger partial charge in [-0.15, -0.1) is 0 Å². The number of nitro benzene ring substituents is 1. The third kappa shape index (κ3) is 3.68. The van der Waals surface area contributed by atoms with Crippen LogP contribution in [0.1, 0.15) is 54.2 Å². The van der Waals surface area contributed by atoms with Crippen LogP contribution in [0.25, 0.3) is 6.08 Å². The molecule has 35 heavy (non-hydrogen) atoms. The summed E-state index contributed by atoms with van der Waals surface area (Å²) in [5.41, 5.74) is -0.903. The zero-order chi connectivity index (χ0) is 24.7. The lowest BCUT2D eigenvalue weighted by Crippen LogP contribution is -2.24. The second-order valence-electron chi connectivity index (χ2n) is 7.83. The Kier molecular flexibility index (Phi) is 5.29. The quantitative estimate of drug-likeness (QED) is 0.145. The van der Waals surface area contributed by atoms with Gasteiger partial charge in [-0.25, -0.2) is 9.59 Å². The van der Waals surface area contributed by atoms with E-state index in [2.05, 4.69) is 0 Å². The van der Waals surface area contributed by atoms with Gasteiger partial charge in [0.05, 0.1) is 11.5 Å². The minimum absolute atomic E-state index is 0.0269. The number of ketones is 2. The van der Waals surface area contributed by atoms with E-state index in [4.69, 9.17) is 9.47 Å². The van der Waals surface area contributed by atoms with Gasteiger partial charge < -0.3 is 9.47 Å². The Balaban J connectivity index is 1.57. The number of hydrogen-bond donors (Lipinski definition) is 0. The standard InChI is InChI=1S/C26H15NO8/c28-23-16-6-2-3-7-17(16)24(29)21-18(23)9-10-19(22(21)27(32)33)26(31)35-20-8-4-1-5-14(20)13-15-11-12-34-25(15)30/h1-10,13H,11-12H2/b15-13+. The van der Waals surface area contributed by atoms with E-state index in [0.29, 0.717) is 17.6 Å². The molecule has 0 aromatic heterocycles. The summed E-state index contributed by atoms with van der Waals surface area (Å²) in [6.07, 6.45) is 1.92. The fraction of sp³-hybridized carbons (Fsp3) is 0.0769. The molecule has 1 heterocycles. The van der Waals surface area contributed by atoms with Gasteiger partial charge in [0.15, 0.2) is 5.78 Å². The summed E-state index contributed by atoms with van der Waals surface area (Å²) in [6.45, 7) is 0.254. The fourth-order valence-electron chi connectivity index (χ4n) is 4.14. The van der Waals surface area contributed by atoms with Crippen molar-refractivity contribution in [3.63, 3.8) is 0 Å². The van der Waals surface area contributed by atoms with Gasteiger partial charge in [-0.1, -0.05) is 42.5 Å². The largest absolute Gasteiger partial charge is 0.462 e. The van der Waals surface area contributed by atoms with Crippen molar-refractivity contribution in [1.82, 2.24) is 0 Å². The molecule has 172 valence electrons. The molecule has 0 unspecified atom stereocenters. The smallest absolute Gasteiger partial charge is 0.350 e. The van der Waals surface area contributed by atoms with E-state index in [0.717, 1.165) is 6.07 Å². The van der Waals surface area contributed by atoms with Crippen molar-refractivity contribution in [2.24, 2.45) is 0 Å². The van der Waals surface area contributed by atoms with Crippen LogP contribution in [-0.2, 0) is 9.53 Å². The summed E-state index contributed by atoms with van der Waals surface area (Å²) in [7, 11) is 0. The van der Waals surface area contributed by atoms with E-state index < -0.39 is 45.2 Å². The van der Waals surface area contributed by atoms with Gasteiger partial charge >= 0.3 is 11.9 Å². The van der Waals surface area contributed by atoms with Crippen LogP contribution in [-0.4, -0.2) is 35.0 Å². The monoisotopic (exact) mass is 469 g/mol. The topological polar surface area (TPSA) is 130 Å². The molecule has 9 nitrogen and oxygen atoms in total. The molecule has 0 radical (unpaired) electrons. The van der Waals surface area contributed by atoms with Crippen LogP contribution in [0.2, 0.25) is 0 Å². The summed E-state index contributed by atoms with van der Waals surface area (Å²) in [4.78, 5) is 62.1. The maximum atomic E-state index is 13.1. The Morgan fingerprint density at radius 1 is 0.914 bits per heavy atom. The van der Waals surface area contributed by atoms with Gasteiger partial charge in [-0.2, -0.15) is 0 Å². The predicted octanol–water partition coefficient (Wildman–Crippen LogP) is 3.92. The van der Waals surface area contributed by atoms with Gasteiger partial charge in [-0.3, -0.25) is 19.7 Å². The number of nitrogens with zero attached hydrogens (tertiary/aromatic N) is 1. The summed E-state index contributed by atoms with van der Waals surface area (Å²) in [5.74, 6) is -2.76. The Morgan fingerprint density at radius 3 is 2.29 bits per heavy atom. The van der Waals surface area contributed by atoms with E-state index in [1.54, 1.807) is 30.3 Å². The molecule has 3 aromatic rings. The summed E-state index contributed by atoms with van der Waals surface area (Å²) >= 11 is 0. The van der Waals surface area contributed by atoms with Crippen LogP contribution in [0.15, 0.2) is 66.2 Å². The number of para-hydroxylation sites is 1. The van der Waals surface area contributed by atoms with E-state index in [1.165, 1.54) is 30.3 Å². The number of hydrogen-bond acceptors (Lipinski definition) is 8.